The van der Waals surface area contributed by atoms with Crippen molar-refractivity contribution in [1.82, 2.24) is 10.2 Å². The lowest BCUT2D eigenvalue weighted by Gasteiger charge is -2.50. The highest BCUT2D eigenvalue weighted by Gasteiger charge is 2.43. The summed E-state index contributed by atoms with van der Waals surface area (Å²) in [6.45, 7) is 12.6. The third-order valence-electron chi connectivity index (χ3n) is 4.01. The summed E-state index contributed by atoms with van der Waals surface area (Å²) in [5.74, 6) is 0.647. The third kappa shape index (κ3) is 5.11. The van der Waals surface area contributed by atoms with Crippen molar-refractivity contribution in [2.45, 2.75) is 52.5 Å². The quantitative estimate of drug-likeness (QED) is 0.674. The van der Waals surface area contributed by atoms with Crippen molar-refractivity contribution in [1.29, 1.82) is 0 Å². The van der Waals surface area contributed by atoms with Crippen molar-refractivity contribution in [2.24, 2.45) is 11.8 Å². The van der Waals surface area contributed by atoms with E-state index in [1.54, 1.807) is 0 Å². The average molecular weight is 270 g/mol. The van der Waals surface area contributed by atoms with E-state index in [0.717, 1.165) is 39.0 Å². The van der Waals surface area contributed by atoms with Gasteiger partial charge in [-0.25, -0.2) is 0 Å². The molecule has 4 nitrogen and oxygen atoms in total. The molecule has 1 fully saturated rings. The molecule has 0 saturated carbocycles. The predicted molar refractivity (Wildman–Crippen MR) is 78.3 cm³/mol. The van der Waals surface area contributed by atoms with Crippen LogP contribution in [-0.2, 0) is 4.79 Å². The first-order valence-electron chi connectivity index (χ1n) is 7.53. The van der Waals surface area contributed by atoms with Crippen LogP contribution in [0.2, 0.25) is 0 Å². The van der Waals surface area contributed by atoms with Crippen LogP contribution in [-0.4, -0.2) is 47.7 Å². The van der Waals surface area contributed by atoms with Gasteiger partial charge in [-0.2, -0.15) is 0 Å². The molecule has 1 aliphatic heterocycles. The maximum atomic E-state index is 11.1. The van der Waals surface area contributed by atoms with Crippen LogP contribution in [0.15, 0.2) is 0 Å². The number of carbonyl (C=O) groups is 1. The van der Waals surface area contributed by atoms with Gasteiger partial charge in [0.05, 0.1) is 12.0 Å². The number of nitrogens with one attached hydrogen (secondary N) is 1. The lowest BCUT2D eigenvalue weighted by atomic mass is 9.85. The van der Waals surface area contributed by atoms with Crippen molar-refractivity contribution in [2.75, 3.05) is 26.2 Å². The summed E-state index contributed by atoms with van der Waals surface area (Å²) >= 11 is 0. The van der Waals surface area contributed by atoms with Gasteiger partial charge in [-0.3, -0.25) is 9.69 Å². The standard InChI is InChI=1S/C15H30N2O2/c1-12(2)5-7-17(8-6-13(3)4)15(9-14(18)19)10-16-11-15/h12-13,16H,5-11H2,1-4H3,(H,18,19). The van der Waals surface area contributed by atoms with Gasteiger partial charge in [-0.05, 0) is 37.8 Å². The number of carboxylic acid groups (broad SMARTS) is 1. The number of hydrogen-bond acceptors (Lipinski definition) is 3. The minimum Gasteiger partial charge on any atom is -0.481 e. The summed E-state index contributed by atoms with van der Waals surface area (Å²) in [5, 5.41) is 12.4. The Labute approximate surface area is 117 Å². The molecule has 0 aromatic heterocycles. The minimum absolute atomic E-state index is 0.143. The fourth-order valence-electron chi connectivity index (χ4n) is 2.57. The van der Waals surface area contributed by atoms with E-state index in [0.29, 0.717) is 11.8 Å². The van der Waals surface area contributed by atoms with Gasteiger partial charge in [-0.15, -0.1) is 0 Å². The summed E-state index contributed by atoms with van der Waals surface area (Å²) in [6.07, 6.45) is 2.54. The number of carboxylic acids is 1. The zero-order valence-electron chi connectivity index (χ0n) is 12.9. The van der Waals surface area contributed by atoms with Crippen molar-refractivity contribution >= 4 is 5.97 Å². The number of rotatable bonds is 9. The fraction of sp³-hybridized carbons (Fsp3) is 0.933. The average Bonchev–Trinajstić information content (AvgIpc) is 2.23. The maximum absolute atomic E-state index is 11.1. The normalized spacial score (nSPS) is 18.1. The van der Waals surface area contributed by atoms with Gasteiger partial charge < -0.3 is 10.4 Å². The van der Waals surface area contributed by atoms with Crippen LogP contribution in [0.3, 0.4) is 0 Å². The van der Waals surface area contributed by atoms with E-state index in [2.05, 4.69) is 37.9 Å². The van der Waals surface area contributed by atoms with Gasteiger partial charge in [0.1, 0.15) is 0 Å². The maximum Gasteiger partial charge on any atom is 0.305 e. The first kappa shape index (κ1) is 16.4. The van der Waals surface area contributed by atoms with Gasteiger partial charge in [-0.1, -0.05) is 27.7 Å². The molecule has 1 aliphatic rings. The molecule has 0 amide bonds. The summed E-state index contributed by atoms with van der Waals surface area (Å²) < 4.78 is 0. The SMILES string of the molecule is CC(C)CCN(CCC(C)C)C1(CC(=O)O)CNC1. The first-order valence-corrected chi connectivity index (χ1v) is 7.53. The Bertz CT molecular complexity index is 274. The molecule has 4 heteroatoms. The smallest absolute Gasteiger partial charge is 0.305 e. The van der Waals surface area contributed by atoms with Crippen molar-refractivity contribution in [3.8, 4) is 0 Å². The van der Waals surface area contributed by atoms with Crippen LogP contribution in [0.1, 0.15) is 47.0 Å². The van der Waals surface area contributed by atoms with Crippen LogP contribution >= 0.6 is 0 Å². The van der Waals surface area contributed by atoms with E-state index in [9.17, 15) is 4.79 Å². The molecule has 0 atom stereocenters. The van der Waals surface area contributed by atoms with Gasteiger partial charge in [0.25, 0.3) is 0 Å². The van der Waals surface area contributed by atoms with E-state index < -0.39 is 5.97 Å². The molecular formula is C15H30N2O2. The van der Waals surface area contributed by atoms with E-state index in [4.69, 9.17) is 5.11 Å². The van der Waals surface area contributed by atoms with Crippen LogP contribution in [0, 0.1) is 11.8 Å². The largest absolute Gasteiger partial charge is 0.481 e. The van der Waals surface area contributed by atoms with Crippen molar-refractivity contribution in [3.63, 3.8) is 0 Å². The molecular weight excluding hydrogens is 240 g/mol. The van der Waals surface area contributed by atoms with E-state index in [1.165, 1.54) is 0 Å². The molecule has 0 aliphatic carbocycles. The second-order valence-corrected chi connectivity index (χ2v) is 6.75. The Kier molecular flexibility index (Phi) is 6.27. The molecule has 0 radical (unpaired) electrons. The molecule has 2 N–H and O–H groups in total. The Morgan fingerprint density at radius 2 is 1.63 bits per heavy atom. The lowest BCUT2D eigenvalue weighted by Crippen LogP contribution is -2.70. The highest BCUT2D eigenvalue weighted by Crippen LogP contribution is 2.26. The zero-order valence-corrected chi connectivity index (χ0v) is 12.9. The Balaban J connectivity index is 2.65. The van der Waals surface area contributed by atoms with Crippen LogP contribution < -0.4 is 5.32 Å². The van der Waals surface area contributed by atoms with Crippen LogP contribution in [0.25, 0.3) is 0 Å². The summed E-state index contributed by atoms with van der Waals surface area (Å²) in [7, 11) is 0. The number of hydrogen-bond donors (Lipinski definition) is 2. The molecule has 1 saturated heterocycles. The third-order valence-corrected chi connectivity index (χ3v) is 4.01. The molecule has 0 bridgehead atoms. The monoisotopic (exact) mass is 270 g/mol. The molecule has 0 aromatic carbocycles. The number of nitrogens with zero attached hydrogens (tertiary/aromatic N) is 1. The van der Waals surface area contributed by atoms with Gasteiger partial charge >= 0.3 is 5.97 Å². The topological polar surface area (TPSA) is 52.6 Å². The lowest BCUT2D eigenvalue weighted by molar-refractivity contribution is -0.142. The highest BCUT2D eigenvalue weighted by atomic mass is 16.4. The molecule has 1 rings (SSSR count). The minimum atomic E-state index is -0.680. The van der Waals surface area contributed by atoms with E-state index in [1.807, 2.05) is 0 Å². The second-order valence-electron chi connectivity index (χ2n) is 6.75. The molecule has 0 aromatic rings. The first-order chi connectivity index (χ1) is 8.85. The molecule has 0 spiro atoms. The van der Waals surface area contributed by atoms with E-state index >= 15 is 0 Å². The van der Waals surface area contributed by atoms with Crippen LogP contribution in [0.4, 0.5) is 0 Å². The second kappa shape index (κ2) is 7.25. The summed E-state index contributed by atoms with van der Waals surface area (Å²) in [6, 6.07) is 0. The van der Waals surface area contributed by atoms with Crippen LogP contribution in [0.5, 0.6) is 0 Å². The number of aliphatic carboxylic acids is 1. The van der Waals surface area contributed by atoms with Crippen molar-refractivity contribution in [3.05, 3.63) is 0 Å². The summed E-state index contributed by atoms with van der Waals surface area (Å²) in [5.41, 5.74) is -0.143. The Morgan fingerprint density at radius 3 is 1.89 bits per heavy atom. The van der Waals surface area contributed by atoms with Gasteiger partial charge in [0.15, 0.2) is 0 Å². The summed E-state index contributed by atoms with van der Waals surface area (Å²) in [4.78, 5) is 13.6. The van der Waals surface area contributed by atoms with E-state index in [-0.39, 0.29) is 12.0 Å². The molecule has 0 unspecified atom stereocenters. The fourth-order valence-corrected chi connectivity index (χ4v) is 2.57. The highest BCUT2D eigenvalue weighted by molar-refractivity contribution is 5.68. The predicted octanol–water partition coefficient (Wildman–Crippen LogP) is 2.20. The Morgan fingerprint density at radius 1 is 1.16 bits per heavy atom. The van der Waals surface area contributed by atoms with Gasteiger partial charge in [0.2, 0.25) is 0 Å². The van der Waals surface area contributed by atoms with Crippen molar-refractivity contribution < 1.29 is 9.90 Å². The molecule has 19 heavy (non-hydrogen) atoms. The molecule has 1 heterocycles. The zero-order chi connectivity index (χ0) is 14.5. The van der Waals surface area contributed by atoms with Gasteiger partial charge in [0, 0.05) is 13.1 Å². The molecule has 112 valence electrons. The Hall–Kier alpha value is -0.610.